The number of rotatable bonds is 3. The molecule has 0 radical (unpaired) electrons. The molecule has 17 heavy (non-hydrogen) atoms. The minimum absolute atomic E-state index is 0.176. The number of nitrogens with zero attached hydrogens (tertiary/aromatic N) is 1. The van der Waals surface area contributed by atoms with Gasteiger partial charge in [0.05, 0.1) is 0 Å². The van der Waals surface area contributed by atoms with E-state index >= 15 is 0 Å². The summed E-state index contributed by atoms with van der Waals surface area (Å²) in [4.78, 5) is 3.93. The van der Waals surface area contributed by atoms with E-state index in [0.717, 1.165) is 12.0 Å². The van der Waals surface area contributed by atoms with Crippen LogP contribution in [-0.4, -0.2) is 18.0 Å². The van der Waals surface area contributed by atoms with Crippen LogP contribution in [0.4, 0.5) is 6.30 Å². The van der Waals surface area contributed by atoms with E-state index in [-0.39, 0.29) is 5.88 Å². The molecule has 0 atom stereocenters. The fraction of sp³-hybridized carbons (Fsp3) is 0.500. The summed E-state index contributed by atoms with van der Waals surface area (Å²) in [5.41, 5.74) is 0.908. The van der Waals surface area contributed by atoms with Crippen molar-refractivity contribution in [1.82, 2.24) is 5.32 Å². The zero-order valence-electron chi connectivity index (χ0n) is 10.3. The molecule has 0 bridgehead atoms. The Morgan fingerprint density at radius 3 is 2.24 bits per heavy atom. The second kappa shape index (κ2) is 12.1. The van der Waals surface area contributed by atoms with Crippen molar-refractivity contribution in [3.63, 3.8) is 0 Å². The van der Waals surface area contributed by atoms with Gasteiger partial charge in [-0.3, -0.25) is 6.08 Å². The molecule has 0 amide bonds. The molecule has 0 rings (SSSR count). The Labute approximate surface area is 113 Å². The Morgan fingerprint density at radius 2 is 1.94 bits per heavy atom. The van der Waals surface area contributed by atoms with Gasteiger partial charge >= 0.3 is 34.4 Å². The van der Waals surface area contributed by atoms with Crippen LogP contribution in [0.2, 0.25) is 0 Å². The molecule has 0 aromatic heterocycles. The number of aliphatic hydroxyl groups is 1. The van der Waals surface area contributed by atoms with Crippen LogP contribution in [0.3, 0.4) is 0 Å². The normalized spacial score (nSPS) is 12.8. The monoisotopic (exact) mass is 476 g/mol. The molecular weight excluding hydrogens is 459 g/mol. The quantitative estimate of drug-likeness (QED) is 0.284. The van der Waals surface area contributed by atoms with Gasteiger partial charge in [-0.25, -0.2) is 0 Å². The maximum absolute atomic E-state index is 9.89. The summed E-state index contributed by atoms with van der Waals surface area (Å²) in [6.07, 6.45) is 5.32. The average Bonchev–Trinajstić information content (AvgIpc) is 2.26. The van der Waals surface area contributed by atoms with E-state index in [2.05, 4.69) is 16.4 Å². The zero-order valence-corrected chi connectivity index (χ0v) is 14.5. The molecule has 0 aliphatic rings. The van der Waals surface area contributed by atoms with Gasteiger partial charge in [0.25, 0.3) is 0 Å². The van der Waals surface area contributed by atoms with Crippen molar-refractivity contribution in [2.24, 2.45) is 4.99 Å². The first kappa shape index (κ1) is 18.9. The number of aliphatic imine (C=N–C) groups is 1. The van der Waals surface area contributed by atoms with Gasteiger partial charge in [-0.15, -0.1) is 6.92 Å². The number of amidine groups is 1. The van der Waals surface area contributed by atoms with E-state index in [1.54, 1.807) is 20.0 Å². The Bertz CT molecular complexity index is 289. The van der Waals surface area contributed by atoms with Gasteiger partial charge in [0.15, 0.2) is 5.88 Å². The van der Waals surface area contributed by atoms with Gasteiger partial charge in [0.2, 0.25) is 0 Å². The van der Waals surface area contributed by atoms with Crippen molar-refractivity contribution in [1.29, 1.82) is 0 Å². The summed E-state index contributed by atoms with van der Waals surface area (Å²) in [5.74, 6) is 0.780. The second-order valence-electron chi connectivity index (χ2n) is 2.86. The molecular formula is C10H17F3N2OU-. The van der Waals surface area contributed by atoms with E-state index in [0.29, 0.717) is 5.84 Å². The standard InChI is InChI=1S/C10H17N2O.3FH.U/c1-5-7-9(11-4)12-10(13)8(3)6-2;;;;/h7,13H,6H2,1-4H3,(H,11,12);3*1H;/q-1;;;;+3/p-3. The summed E-state index contributed by atoms with van der Waals surface area (Å²) in [6.45, 7) is 5.63. The number of aliphatic hydroxyl groups excluding tert-OH is 1. The Hall–Kier alpha value is -0.408. The second-order valence-corrected chi connectivity index (χ2v) is 4.65. The van der Waals surface area contributed by atoms with Crippen LogP contribution < -0.4 is 5.32 Å². The molecule has 3 nitrogen and oxygen atoms in total. The van der Waals surface area contributed by atoms with Crippen molar-refractivity contribution in [3.05, 3.63) is 23.6 Å². The molecule has 0 unspecified atom stereocenters. The first-order chi connectivity index (χ1) is 7.88. The first-order valence-electron chi connectivity index (χ1n) is 4.85. The molecule has 7 heteroatoms. The van der Waals surface area contributed by atoms with Crippen molar-refractivity contribution in [3.8, 4) is 0 Å². The van der Waals surface area contributed by atoms with Crippen LogP contribution in [0.15, 0.2) is 22.5 Å². The summed E-state index contributed by atoms with van der Waals surface area (Å²) in [7, 11) is 1.66. The molecule has 0 aromatic rings. The van der Waals surface area contributed by atoms with Gasteiger partial charge in [0, 0.05) is 7.05 Å². The Balaban J connectivity index is 0. The third kappa shape index (κ3) is 13.5. The number of halogens is 3. The molecule has 0 heterocycles. The summed E-state index contributed by atoms with van der Waals surface area (Å²) in [6, 6.07) is 0. The molecule has 0 aliphatic heterocycles. The summed E-state index contributed by atoms with van der Waals surface area (Å²) < 4.78 is 29.7. The number of hydrogen-bond acceptors (Lipinski definition) is 2. The molecule has 99 valence electrons. The van der Waals surface area contributed by atoms with E-state index in [9.17, 15) is 11.4 Å². The van der Waals surface area contributed by atoms with Crippen LogP contribution in [-0.2, 0) is 0 Å². The predicted octanol–water partition coefficient (Wildman–Crippen LogP) is 3.44. The van der Waals surface area contributed by atoms with Gasteiger partial charge in [-0.2, -0.15) is 6.08 Å². The van der Waals surface area contributed by atoms with Crippen LogP contribution in [0.5, 0.6) is 0 Å². The van der Waals surface area contributed by atoms with Gasteiger partial charge in [-0.1, -0.05) is 6.92 Å². The third-order valence-corrected chi connectivity index (χ3v) is 1.70. The first-order valence-corrected chi connectivity index (χ1v) is 9.57. The van der Waals surface area contributed by atoms with Gasteiger partial charge < -0.3 is 15.4 Å². The fourth-order valence-corrected chi connectivity index (χ4v) is 0.689. The fourth-order valence-electron chi connectivity index (χ4n) is 0.689. The molecule has 0 aromatic carbocycles. The van der Waals surface area contributed by atoms with E-state index in [1.165, 1.54) is 0 Å². The van der Waals surface area contributed by atoms with Crippen molar-refractivity contribution < 1.29 is 39.5 Å². The molecule has 0 fully saturated rings. The van der Waals surface area contributed by atoms with E-state index < -0.39 is 28.1 Å². The van der Waals surface area contributed by atoms with Crippen molar-refractivity contribution in [2.45, 2.75) is 27.2 Å². The van der Waals surface area contributed by atoms with Crippen LogP contribution in [0.1, 0.15) is 27.2 Å². The topological polar surface area (TPSA) is 44.6 Å². The summed E-state index contributed by atoms with van der Waals surface area (Å²) >= 11 is -5.23. The van der Waals surface area contributed by atoms with E-state index in [4.69, 9.17) is 0 Å². The SMILES string of the molecule is C[C-]=CC(=NC)NC(O)=C(C)CC.[F][U]([F])[F]. The Morgan fingerprint density at radius 1 is 1.47 bits per heavy atom. The van der Waals surface area contributed by atoms with Crippen molar-refractivity contribution in [2.75, 3.05) is 7.05 Å². The zero-order chi connectivity index (χ0) is 13.8. The van der Waals surface area contributed by atoms with Crippen LogP contribution in [0, 0.1) is 34.2 Å². The predicted molar refractivity (Wildman–Crippen MR) is 58.9 cm³/mol. The maximum atomic E-state index is 9.89. The number of nitrogens with one attached hydrogen (secondary N) is 1. The molecule has 2 N–H and O–H groups in total. The van der Waals surface area contributed by atoms with Gasteiger partial charge in [-0.05, 0) is 24.8 Å². The molecule has 0 saturated heterocycles. The molecule has 0 saturated carbocycles. The molecule has 0 aliphatic carbocycles. The van der Waals surface area contributed by atoms with E-state index in [1.807, 2.05) is 13.8 Å². The number of allylic oxidation sites excluding steroid dienone is 2. The average molecular weight is 476 g/mol. The van der Waals surface area contributed by atoms with Crippen LogP contribution in [0.25, 0.3) is 0 Å². The van der Waals surface area contributed by atoms with Crippen LogP contribution >= 0.6 is 0 Å². The van der Waals surface area contributed by atoms with Gasteiger partial charge in [0.1, 0.15) is 0 Å². The number of hydrogen-bond donors (Lipinski definition) is 2. The minimum atomic E-state index is -5.23. The summed E-state index contributed by atoms with van der Waals surface area (Å²) in [5, 5.41) is 12.3. The van der Waals surface area contributed by atoms with Crippen molar-refractivity contribution >= 4 is 5.84 Å². The Kier molecular flexibility index (Phi) is 13.4. The third-order valence-electron chi connectivity index (χ3n) is 1.70. The molecule has 0 spiro atoms.